The maximum atomic E-state index is 12.1. The number of rotatable bonds is 21. The van der Waals surface area contributed by atoms with Crippen molar-refractivity contribution in [2.75, 3.05) is 19.8 Å². The molecule has 0 aliphatic carbocycles. The molecule has 0 spiro atoms. The predicted molar refractivity (Wildman–Crippen MR) is 142 cm³/mol. The molecule has 0 aliphatic rings. The van der Waals surface area contributed by atoms with Crippen LogP contribution in [0.3, 0.4) is 0 Å². The third-order valence-corrected chi connectivity index (χ3v) is 7.15. The lowest BCUT2D eigenvalue weighted by Gasteiger charge is -2.25. The number of aromatic hydroxyl groups is 1. The van der Waals surface area contributed by atoms with Gasteiger partial charge in [0.1, 0.15) is 0 Å². The largest absolute Gasteiger partial charge is 0.493 e. The molecule has 1 aromatic rings. The van der Waals surface area contributed by atoms with Crippen LogP contribution in [0.2, 0.25) is 0 Å². The van der Waals surface area contributed by atoms with Crippen LogP contribution in [0.15, 0.2) is 11.0 Å². The summed E-state index contributed by atoms with van der Waals surface area (Å²) in [6.45, 7) is 14.5. The van der Waals surface area contributed by atoms with Gasteiger partial charge in [-0.15, -0.1) is 0 Å². The first kappa shape index (κ1) is 30.8. The van der Waals surface area contributed by atoms with Crippen LogP contribution in [-0.4, -0.2) is 39.2 Å². The normalized spacial score (nSPS) is 12.5. The van der Waals surface area contributed by atoms with Gasteiger partial charge in [0.05, 0.1) is 6.20 Å². The molecular weight excluding hydrogens is 428 g/mol. The highest BCUT2D eigenvalue weighted by Crippen LogP contribution is 2.31. The van der Waals surface area contributed by atoms with Gasteiger partial charge in [0.25, 0.3) is 0 Å². The zero-order chi connectivity index (χ0) is 25.5. The Balaban J connectivity index is 2.04. The molecule has 6 nitrogen and oxygen atoms in total. The third kappa shape index (κ3) is 13.0. The van der Waals surface area contributed by atoms with Gasteiger partial charge in [-0.3, -0.25) is 9.13 Å². The Morgan fingerprint density at radius 2 is 1.29 bits per heavy atom. The smallest absolute Gasteiger partial charge is 0.331 e. The van der Waals surface area contributed by atoms with E-state index in [1.165, 1.54) is 49.3 Å². The van der Waals surface area contributed by atoms with Crippen LogP contribution in [0.5, 0.6) is 5.88 Å². The fourth-order valence-electron chi connectivity index (χ4n) is 4.69. The molecule has 1 heterocycles. The number of aryl methyl sites for hydroxylation is 1. The molecule has 6 heteroatoms. The van der Waals surface area contributed by atoms with E-state index in [9.17, 15) is 9.90 Å². The molecule has 0 saturated carbocycles. The minimum atomic E-state index is -0.114. The summed E-state index contributed by atoms with van der Waals surface area (Å²) >= 11 is 0. The van der Waals surface area contributed by atoms with Crippen molar-refractivity contribution in [1.29, 1.82) is 0 Å². The summed E-state index contributed by atoms with van der Waals surface area (Å²) in [7, 11) is 0. The average Bonchev–Trinajstić information content (AvgIpc) is 3.05. The Bertz CT molecular complexity index is 706. The molecule has 2 N–H and O–H groups in total. The van der Waals surface area contributed by atoms with E-state index >= 15 is 0 Å². The number of nitrogens with zero attached hydrogens (tertiary/aromatic N) is 2. The van der Waals surface area contributed by atoms with Crippen LogP contribution in [0, 0.1) is 10.8 Å². The van der Waals surface area contributed by atoms with Gasteiger partial charge in [0, 0.05) is 32.9 Å². The van der Waals surface area contributed by atoms with Gasteiger partial charge in [0.2, 0.25) is 5.88 Å². The van der Waals surface area contributed by atoms with E-state index in [0.29, 0.717) is 30.5 Å². The zero-order valence-corrected chi connectivity index (χ0v) is 22.9. The second-order valence-corrected chi connectivity index (χ2v) is 11.6. The summed E-state index contributed by atoms with van der Waals surface area (Å²) in [5.41, 5.74) is 0.584. The lowest BCUT2D eigenvalue weighted by Crippen LogP contribution is -2.23. The number of aliphatic hydroxyl groups excluding tert-OH is 1. The molecule has 0 bridgehead atoms. The highest BCUT2D eigenvalue weighted by molar-refractivity contribution is 5.05. The molecular formula is C28H54N2O4. The van der Waals surface area contributed by atoms with Gasteiger partial charge in [-0.1, -0.05) is 59.8 Å². The molecule has 0 atom stereocenters. The van der Waals surface area contributed by atoms with Gasteiger partial charge in [-0.2, -0.15) is 0 Å². The minimum absolute atomic E-state index is 0.0732. The first-order valence-electron chi connectivity index (χ1n) is 13.8. The first-order valence-corrected chi connectivity index (χ1v) is 13.8. The topological polar surface area (TPSA) is 76.6 Å². The highest BCUT2D eigenvalue weighted by atomic mass is 16.5. The Labute approximate surface area is 208 Å². The summed E-state index contributed by atoms with van der Waals surface area (Å²) in [6.07, 6.45) is 16.3. The molecule has 200 valence electrons. The predicted octanol–water partition coefficient (Wildman–Crippen LogP) is 6.51. The van der Waals surface area contributed by atoms with Gasteiger partial charge < -0.3 is 14.9 Å². The van der Waals surface area contributed by atoms with Crippen molar-refractivity contribution in [1.82, 2.24) is 9.13 Å². The summed E-state index contributed by atoms with van der Waals surface area (Å²) in [5, 5.41) is 18.8. The molecule has 0 unspecified atom stereocenters. The van der Waals surface area contributed by atoms with Crippen LogP contribution >= 0.6 is 0 Å². The quantitative estimate of drug-likeness (QED) is 0.196. The van der Waals surface area contributed by atoms with Crippen molar-refractivity contribution in [3.05, 3.63) is 16.7 Å². The molecule has 0 aromatic carbocycles. The fraction of sp³-hybridized carbons (Fsp3) is 0.893. The van der Waals surface area contributed by atoms with Crippen molar-refractivity contribution < 1.29 is 14.9 Å². The number of ether oxygens (including phenoxy) is 1. The molecule has 0 amide bonds. The van der Waals surface area contributed by atoms with Crippen LogP contribution in [-0.2, 0) is 17.8 Å². The Morgan fingerprint density at radius 1 is 0.794 bits per heavy atom. The average molecular weight is 483 g/mol. The van der Waals surface area contributed by atoms with E-state index in [1.54, 1.807) is 4.57 Å². The lowest BCUT2D eigenvalue weighted by molar-refractivity contribution is 0.119. The van der Waals surface area contributed by atoms with Crippen molar-refractivity contribution in [3.63, 3.8) is 0 Å². The van der Waals surface area contributed by atoms with Crippen LogP contribution < -0.4 is 5.69 Å². The van der Waals surface area contributed by atoms with Crippen LogP contribution in [0.1, 0.15) is 118 Å². The van der Waals surface area contributed by atoms with E-state index in [0.717, 1.165) is 58.2 Å². The number of unbranched alkanes of at least 4 members (excludes halogenated alkanes) is 5. The monoisotopic (exact) mass is 482 g/mol. The van der Waals surface area contributed by atoms with Gasteiger partial charge >= 0.3 is 5.69 Å². The standard InChI is InChI=1S/C28H54N2O4/c1-6-29-24-25(32)30(26(29)33)20-12-9-17-28(4,5)19-11-15-23-34-22-14-10-18-27(2,3)16-8-7-13-21-31/h24,31-32H,6-23H2,1-5H3. The molecule has 0 fully saturated rings. The van der Waals surface area contributed by atoms with Crippen molar-refractivity contribution in [2.24, 2.45) is 10.8 Å². The van der Waals surface area contributed by atoms with Crippen molar-refractivity contribution in [2.45, 2.75) is 131 Å². The maximum absolute atomic E-state index is 12.1. The second-order valence-electron chi connectivity index (χ2n) is 11.6. The van der Waals surface area contributed by atoms with E-state index in [1.807, 2.05) is 6.92 Å². The minimum Gasteiger partial charge on any atom is -0.493 e. The maximum Gasteiger partial charge on any atom is 0.331 e. The SMILES string of the molecule is CCn1cc(O)n(CCCCC(C)(C)CCCCOCCCCC(C)(C)CCCCCO)c1=O. The summed E-state index contributed by atoms with van der Waals surface area (Å²) in [6, 6.07) is 0. The molecule has 34 heavy (non-hydrogen) atoms. The molecule has 0 aliphatic heterocycles. The molecule has 1 rings (SSSR count). The van der Waals surface area contributed by atoms with E-state index in [4.69, 9.17) is 9.84 Å². The molecule has 0 saturated heterocycles. The van der Waals surface area contributed by atoms with Gasteiger partial charge in [-0.25, -0.2) is 4.79 Å². The summed E-state index contributed by atoms with van der Waals surface area (Å²) < 4.78 is 8.90. The van der Waals surface area contributed by atoms with Crippen molar-refractivity contribution in [3.8, 4) is 5.88 Å². The fourth-order valence-corrected chi connectivity index (χ4v) is 4.69. The van der Waals surface area contributed by atoms with E-state index in [-0.39, 0.29) is 11.6 Å². The van der Waals surface area contributed by atoms with E-state index < -0.39 is 0 Å². The van der Waals surface area contributed by atoms with E-state index in [2.05, 4.69) is 27.7 Å². The first-order chi connectivity index (χ1) is 16.1. The molecule has 1 aromatic heterocycles. The third-order valence-electron chi connectivity index (χ3n) is 7.15. The number of aromatic nitrogens is 2. The number of aliphatic hydroxyl groups is 1. The van der Waals surface area contributed by atoms with Crippen LogP contribution in [0.4, 0.5) is 0 Å². The number of hydrogen-bond acceptors (Lipinski definition) is 4. The highest BCUT2D eigenvalue weighted by Gasteiger charge is 2.18. The Hall–Kier alpha value is -1.27. The number of imidazole rings is 1. The summed E-state index contributed by atoms with van der Waals surface area (Å²) in [5.74, 6) is 0.0732. The molecule has 0 radical (unpaired) electrons. The Kier molecular flexibility index (Phi) is 14.8. The van der Waals surface area contributed by atoms with Gasteiger partial charge in [-0.05, 0) is 69.1 Å². The summed E-state index contributed by atoms with van der Waals surface area (Å²) in [4.78, 5) is 12.1. The number of hydrogen-bond donors (Lipinski definition) is 2. The van der Waals surface area contributed by atoms with Gasteiger partial charge in [0.15, 0.2) is 0 Å². The zero-order valence-electron chi connectivity index (χ0n) is 22.9. The Morgan fingerprint density at radius 3 is 1.76 bits per heavy atom. The van der Waals surface area contributed by atoms with Crippen molar-refractivity contribution >= 4 is 0 Å². The van der Waals surface area contributed by atoms with Crippen LogP contribution in [0.25, 0.3) is 0 Å². The lowest BCUT2D eigenvalue weighted by atomic mass is 9.82. The second kappa shape index (κ2) is 16.4.